The van der Waals surface area contributed by atoms with Gasteiger partial charge in [-0.15, -0.1) is 11.3 Å². The molecule has 0 spiro atoms. The van der Waals surface area contributed by atoms with Gasteiger partial charge in [0, 0.05) is 23.5 Å². The zero-order valence-corrected chi connectivity index (χ0v) is 18.9. The van der Waals surface area contributed by atoms with Crippen molar-refractivity contribution in [2.45, 2.75) is 33.2 Å². The molecule has 0 fully saturated rings. The number of benzene rings is 2. The molecule has 0 unspecified atom stereocenters. The highest BCUT2D eigenvalue weighted by molar-refractivity contribution is 7.12. The highest BCUT2D eigenvalue weighted by Gasteiger charge is 2.13. The first kappa shape index (κ1) is 22.7. The molecule has 2 aromatic carbocycles. The zero-order valence-electron chi connectivity index (χ0n) is 18.1. The summed E-state index contributed by atoms with van der Waals surface area (Å²) in [6.07, 6.45) is 2.19. The number of carbonyl (C=O) groups excluding carboxylic acids is 2. The Balaban J connectivity index is 1.71. The first-order valence-corrected chi connectivity index (χ1v) is 11.5. The van der Waals surface area contributed by atoms with Gasteiger partial charge in [0.25, 0.3) is 11.8 Å². The number of nitrogens with one attached hydrogen (secondary N) is 2. The van der Waals surface area contributed by atoms with Gasteiger partial charge in [-0.25, -0.2) is 0 Å². The molecule has 3 rings (SSSR count). The van der Waals surface area contributed by atoms with Crippen LogP contribution in [0.4, 0.5) is 11.4 Å². The van der Waals surface area contributed by atoms with Gasteiger partial charge in [-0.3, -0.25) is 14.5 Å². The van der Waals surface area contributed by atoms with Crippen LogP contribution < -0.4 is 10.6 Å². The second-order valence-electron chi connectivity index (χ2n) is 7.40. The van der Waals surface area contributed by atoms with Gasteiger partial charge in [0.15, 0.2) is 0 Å². The van der Waals surface area contributed by atoms with Gasteiger partial charge in [0.05, 0.1) is 4.88 Å². The quantitative estimate of drug-likeness (QED) is 0.418. The number of amides is 2. The van der Waals surface area contributed by atoms with Crippen LogP contribution in [-0.2, 0) is 6.54 Å². The van der Waals surface area contributed by atoms with Crippen LogP contribution in [0.25, 0.3) is 0 Å². The van der Waals surface area contributed by atoms with Crippen molar-refractivity contribution in [3.05, 3.63) is 82.0 Å². The molecule has 0 atom stereocenters. The van der Waals surface area contributed by atoms with Crippen LogP contribution in [0.2, 0.25) is 0 Å². The number of carbonyl (C=O) groups is 2. The molecule has 0 bridgehead atoms. The molecule has 2 N–H and O–H groups in total. The van der Waals surface area contributed by atoms with Crippen LogP contribution in [0.15, 0.2) is 66.0 Å². The van der Waals surface area contributed by atoms with E-state index in [1.807, 2.05) is 29.6 Å². The summed E-state index contributed by atoms with van der Waals surface area (Å²) in [6.45, 7) is 7.22. The van der Waals surface area contributed by atoms with E-state index in [0.29, 0.717) is 16.1 Å². The minimum atomic E-state index is -0.197. The molecular weight excluding hydrogens is 406 g/mol. The van der Waals surface area contributed by atoms with Crippen LogP contribution in [0.3, 0.4) is 0 Å². The molecule has 0 aliphatic heterocycles. The van der Waals surface area contributed by atoms with Crippen LogP contribution in [0.1, 0.15) is 52.3 Å². The molecule has 0 aliphatic carbocycles. The predicted molar refractivity (Wildman–Crippen MR) is 129 cm³/mol. The lowest BCUT2D eigenvalue weighted by molar-refractivity contribution is 0.101. The van der Waals surface area contributed by atoms with Gasteiger partial charge in [-0.05, 0) is 67.2 Å². The molecule has 2 amide bonds. The SMILES string of the molecule is CCCN(CCC)Cc1ccccc1NC(=O)c1cccc(NC(=O)c2cccs2)c1. The molecule has 0 saturated heterocycles. The van der Waals surface area contributed by atoms with Crippen LogP contribution >= 0.6 is 11.3 Å². The van der Waals surface area contributed by atoms with E-state index in [0.717, 1.165) is 43.7 Å². The Labute approximate surface area is 188 Å². The minimum absolute atomic E-state index is 0.176. The van der Waals surface area contributed by atoms with Gasteiger partial charge in [-0.2, -0.15) is 0 Å². The van der Waals surface area contributed by atoms with Crippen molar-refractivity contribution in [2.24, 2.45) is 0 Å². The summed E-state index contributed by atoms with van der Waals surface area (Å²) in [4.78, 5) is 28.3. The Hall–Kier alpha value is -2.96. The third-order valence-electron chi connectivity index (χ3n) is 4.87. The maximum atomic E-state index is 12.9. The average molecular weight is 436 g/mol. The summed E-state index contributed by atoms with van der Waals surface area (Å²) >= 11 is 1.38. The van der Waals surface area contributed by atoms with Gasteiger partial charge in [0.2, 0.25) is 0 Å². The lowest BCUT2D eigenvalue weighted by atomic mass is 10.1. The summed E-state index contributed by atoms with van der Waals surface area (Å²) in [7, 11) is 0. The molecule has 162 valence electrons. The molecule has 31 heavy (non-hydrogen) atoms. The fourth-order valence-electron chi connectivity index (χ4n) is 3.46. The number of para-hydroxylation sites is 1. The van der Waals surface area contributed by atoms with E-state index in [2.05, 4.69) is 35.4 Å². The van der Waals surface area contributed by atoms with Crippen molar-refractivity contribution in [1.82, 2.24) is 4.90 Å². The van der Waals surface area contributed by atoms with Crippen molar-refractivity contribution in [2.75, 3.05) is 23.7 Å². The number of anilines is 2. The summed E-state index contributed by atoms with van der Waals surface area (Å²) < 4.78 is 0. The van der Waals surface area contributed by atoms with E-state index in [1.165, 1.54) is 11.3 Å². The first-order valence-electron chi connectivity index (χ1n) is 10.7. The van der Waals surface area contributed by atoms with Gasteiger partial charge >= 0.3 is 0 Å². The Kier molecular flexibility index (Phi) is 8.38. The Morgan fingerprint density at radius 2 is 1.65 bits per heavy atom. The van der Waals surface area contributed by atoms with Crippen LogP contribution in [-0.4, -0.2) is 29.8 Å². The van der Waals surface area contributed by atoms with Crippen molar-refractivity contribution >= 4 is 34.5 Å². The first-order chi connectivity index (χ1) is 15.1. The molecule has 5 nitrogen and oxygen atoms in total. The molecule has 1 aromatic heterocycles. The highest BCUT2D eigenvalue weighted by Crippen LogP contribution is 2.20. The van der Waals surface area contributed by atoms with E-state index in [4.69, 9.17) is 0 Å². The largest absolute Gasteiger partial charge is 0.322 e. The van der Waals surface area contributed by atoms with Gasteiger partial charge in [0.1, 0.15) is 0 Å². The van der Waals surface area contributed by atoms with Crippen molar-refractivity contribution in [3.8, 4) is 0 Å². The van der Waals surface area contributed by atoms with E-state index in [-0.39, 0.29) is 11.8 Å². The number of hydrogen-bond donors (Lipinski definition) is 2. The Bertz CT molecular complexity index is 996. The molecule has 3 aromatic rings. The molecule has 1 heterocycles. The third kappa shape index (κ3) is 6.51. The highest BCUT2D eigenvalue weighted by atomic mass is 32.1. The molecule has 0 saturated carbocycles. The summed E-state index contributed by atoms with van der Waals surface area (Å²) in [5, 5.41) is 7.76. The Morgan fingerprint density at radius 1 is 0.871 bits per heavy atom. The van der Waals surface area contributed by atoms with Gasteiger partial charge < -0.3 is 10.6 Å². The second kappa shape index (κ2) is 11.4. The zero-order chi connectivity index (χ0) is 22.1. The lowest BCUT2D eigenvalue weighted by Crippen LogP contribution is -2.25. The Morgan fingerprint density at radius 3 is 2.35 bits per heavy atom. The van der Waals surface area contributed by atoms with E-state index >= 15 is 0 Å². The lowest BCUT2D eigenvalue weighted by Gasteiger charge is -2.22. The van der Waals surface area contributed by atoms with Crippen molar-refractivity contribution < 1.29 is 9.59 Å². The summed E-state index contributed by atoms with van der Waals surface area (Å²) in [5.41, 5.74) is 3.01. The van der Waals surface area contributed by atoms with Crippen LogP contribution in [0.5, 0.6) is 0 Å². The fraction of sp³-hybridized carbons (Fsp3) is 0.280. The monoisotopic (exact) mass is 435 g/mol. The summed E-state index contributed by atoms with van der Waals surface area (Å²) in [6, 6.07) is 18.5. The van der Waals surface area contributed by atoms with Crippen LogP contribution in [0, 0.1) is 0 Å². The molecular formula is C25H29N3O2S. The number of nitrogens with zero attached hydrogens (tertiary/aromatic N) is 1. The van der Waals surface area contributed by atoms with Crippen molar-refractivity contribution in [1.29, 1.82) is 0 Å². The number of rotatable bonds is 10. The smallest absolute Gasteiger partial charge is 0.265 e. The van der Waals surface area contributed by atoms with E-state index in [1.54, 1.807) is 30.3 Å². The minimum Gasteiger partial charge on any atom is -0.322 e. The van der Waals surface area contributed by atoms with Crippen molar-refractivity contribution in [3.63, 3.8) is 0 Å². The predicted octanol–water partition coefficient (Wildman–Crippen LogP) is 5.87. The third-order valence-corrected chi connectivity index (χ3v) is 5.74. The fourth-order valence-corrected chi connectivity index (χ4v) is 4.08. The maximum absolute atomic E-state index is 12.9. The molecule has 0 aliphatic rings. The van der Waals surface area contributed by atoms with Gasteiger partial charge in [-0.1, -0.05) is 44.2 Å². The average Bonchev–Trinajstić information content (AvgIpc) is 3.31. The topological polar surface area (TPSA) is 61.4 Å². The molecule has 0 radical (unpaired) electrons. The second-order valence-corrected chi connectivity index (χ2v) is 8.35. The molecule has 6 heteroatoms. The van der Waals surface area contributed by atoms with E-state index in [9.17, 15) is 9.59 Å². The maximum Gasteiger partial charge on any atom is 0.265 e. The number of hydrogen-bond acceptors (Lipinski definition) is 4. The number of thiophene rings is 1. The standard InChI is InChI=1S/C25H29N3O2S/c1-3-14-28(15-4-2)18-20-9-5-6-12-22(20)27-24(29)19-10-7-11-21(17-19)26-25(30)23-13-8-16-31-23/h5-13,16-17H,3-4,14-15,18H2,1-2H3,(H,26,30)(H,27,29). The van der Waals surface area contributed by atoms with E-state index < -0.39 is 0 Å². The summed E-state index contributed by atoms with van der Waals surface area (Å²) in [5.74, 6) is -0.373. The normalized spacial score (nSPS) is 10.8.